The summed E-state index contributed by atoms with van der Waals surface area (Å²) in [5.41, 5.74) is 2.90. The number of methoxy groups -OCH3 is 2. The van der Waals surface area contributed by atoms with Crippen LogP contribution >= 0.6 is 23.2 Å². The number of nitrogens with zero attached hydrogens (tertiary/aromatic N) is 6. The highest BCUT2D eigenvalue weighted by Crippen LogP contribution is 2.48. The van der Waals surface area contributed by atoms with Crippen LogP contribution in [-0.4, -0.2) is 66.6 Å². The normalized spacial score (nSPS) is 13.5. The number of likely N-dealkylation sites (N-methyl/N-ethyl adjacent to an activating group) is 1. The summed E-state index contributed by atoms with van der Waals surface area (Å²) in [6.45, 7) is 2.57. The number of nitrogens with one attached hydrogen (secondary N) is 2. The maximum Gasteiger partial charge on any atom is 0.331 e. The minimum absolute atomic E-state index is 0.0675. The maximum atomic E-state index is 14.6. The van der Waals surface area contributed by atoms with E-state index in [4.69, 9.17) is 37.7 Å². The Morgan fingerprint density at radius 1 is 1.06 bits per heavy atom. The molecule has 3 amide bonds. The van der Waals surface area contributed by atoms with E-state index in [1.54, 1.807) is 53.8 Å². The van der Waals surface area contributed by atoms with Crippen molar-refractivity contribution in [3.63, 3.8) is 0 Å². The van der Waals surface area contributed by atoms with Crippen molar-refractivity contribution in [3.05, 3.63) is 94.4 Å². The van der Waals surface area contributed by atoms with E-state index < -0.39 is 12.1 Å². The highest BCUT2D eigenvalue weighted by molar-refractivity contribution is 6.42. The Bertz CT molecular complexity index is 1780. The van der Waals surface area contributed by atoms with Crippen LogP contribution < -0.4 is 29.9 Å². The monoisotopic (exact) mass is 676 g/mol. The van der Waals surface area contributed by atoms with E-state index >= 15 is 0 Å². The van der Waals surface area contributed by atoms with Crippen molar-refractivity contribution in [2.45, 2.75) is 19.5 Å². The van der Waals surface area contributed by atoms with Gasteiger partial charge in [0.25, 0.3) is 0 Å². The molecule has 2 aromatic heterocycles. The van der Waals surface area contributed by atoms with E-state index in [1.165, 1.54) is 25.2 Å². The Morgan fingerprint density at radius 3 is 2.43 bits per heavy atom. The molecule has 0 saturated carbocycles. The van der Waals surface area contributed by atoms with E-state index in [0.29, 0.717) is 23.6 Å². The zero-order chi connectivity index (χ0) is 33.7. The number of pyridine rings is 1. The molecule has 0 spiro atoms. The second-order valence-corrected chi connectivity index (χ2v) is 11.6. The molecule has 1 atom stereocenters. The lowest BCUT2D eigenvalue weighted by Gasteiger charge is -2.40. The van der Waals surface area contributed by atoms with E-state index in [2.05, 4.69) is 20.6 Å². The van der Waals surface area contributed by atoms with Gasteiger partial charge in [0.2, 0.25) is 11.9 Å². The van der Waals surface area contributed by atoms with Crippen molar-refractivity contribution in [2.24, 2.45) is 0 Å². The zero-order valence-corrected chi connectivity index (χ0v) is 28.0. The molecule has 0 saturated heterocycles. The molecule has 4 aromatic rings. The molecule has 0 radical (unpaired) electrons. The maximum absolute atomic E-state index is 14.6. The van der Waals surface area contributed by atoms with Crippen LogP contribution in [0.1, 0.15) is 24.1 Å². The first-order valence-corrected chi connectivity index (χ1v) is 15.3. The number of carbonyl (C=O) groups is 2. The SMILES string of the molecule is COc1cc(OC)c(Cl)c(N2Cc3cnc(Nc4ccncc4)nc3N(C(C)c3cccc(NC(=O)/C=C/CN(C)C)c3)C2=O)c1Cl. The molecule has 3 heterocycles. The number of fused-ring (bicyclic) bond motifs is 1. The standard InChI is InChI=1S/C33H34Cl2N8O4/c1-20(21-8-6-9-24(16-21)38-27(44)10-7-15-41(2)3)43-31-22(18-37-32(40-31)39-23-11-13-36-14-12-23)19-42(33(43)45)30-28(34)25(46-4)17-26(47-5)29(30)35/h6-14,16-18,20H,15,19H2,1-5H3,(H,38,44)(H,36,37,39,40)/b10-7+. The largest absolute Gasteiger partial charge is 0.495 e. The van der Waals surface area contributed by atoms with Gasteiger partial charge in [-0.3, -0.25) is 19.6 Å². The summed E-state index contributed by atoms with van der Waals surface area (Å²) < 4.78 is 10.9. The molecule has 0 bridgehead atoms. The molecule has 2 N–H and O–H groups in total. The van der Waals surface area contributed by atoms with E-state index in [9.17, 15) is 9.59 Å². The summed E-state index contributed by atoms with van der Waals surface area (Å²) >= 11 is 13.6. The third-order valence-electron chi connectivity index (χ3n) is 7.36. The Balaban J connectivity index is 1.57. The van der Waals surface area contributed by atoms with Gasteiger partial charge in [0.05, 0.1) is 32.5 Å². The van der Waals surface area contributed by atoms with E-state index in [0.717, 1.165) is 11.3 Å². The highest BCUT2D eigenvalue weighted by atomic mass is 35.5. The summed E-state index contributed by atoms with van der Waals surface area (Å²) in [4.78, 5) is 45.5. The van der Waals surface area contributed by atoms with Gasteiger partial charge in [0.1, 0.15) is 27.4 Å². The number of halogens is 2. The van der Waals surface area contributed by atoms with Crippen LogP contribution in [0.15, 0.2) is 73.2 Å². The van der Waals surface area contributed by atoms with Crippen molar-refractivity contribution in [2.75, 3.05) is 55.3 Å². The molecule has 2 aromatic carbocycles. The first-order chi connectivity index (χ1) is 22.6. The molecule has 14 heteroatoms. The number of hydrogen-bond acceptors (Lipinski definition) is 9. The lowest BCUT2D eigenvalue weighted by Crippen LogP contribution is -2.49. The lowest BCUT2D eigenvalue weighted by molar-refractivity contribution is -0.111. The molecule has 1 aliphatic rings. The second kappa shape index (κ2) is 14.7. The third-order valence-corrected chi connectivity index (χ3v) is 8.09. The van der Waals surface area contributed by atoms with Crippen molar-refractivity contribution in [1.82, 2.24) is 19.9 Å². The van der Waals surface area contributed by atoms with Crippen LogP contribution in [0.4, 0.5) is 33.6 Å². The van der Waals surface area contributed by atoms with E-state index in [1.807, 2.05) is 44.1 Å². The van der Waals surface area contributed by atoms with Crippen LogP contribution in [0.5, 0.6) is 11.5 Å². The third kappa shape index (κ3) is 7.40. The molecule has 0 fully saturated rings. The van der Waals surface area contributed by atoms with E-state index in [-0.39, 0.29) is 45.6 Å². The molecule has 5 rings (SSSR count). The van der Waals surface area contributed by atoms with Gasteiger partial charge in [-0.1, -0.05) is 41.4 Å². The van der Waals surface area contributed by atoms with Crippen molar-refractivity contribution < 1.29 is 19.1 Å². The van der Waals surface area contributed by atoms with Gasteiger partial charge in [-0.05, 0) is 50.8 Å². The van der Waals surface area contributed by atoms with Gasteiger partial charge in [0, 0.05) is 54.2 Å². The summed E-state index contributed by atoms with van der Waals surface area (Å²) in [6.07, 6.45) is 8.22. The Morgan fingerprint density at radius 2 is 1.77 bits per heavy atom. The Kier molecular flexibility index (Phi) is 10.4. The average molecular weight is 678 g/mol. The fraction of sp³-hybridized carbons (Fsp3) is 0.242. The quantitative estimate of drug-likeness (QED) is 0.167. The Hall–Kier alpha value is -4.91. The number of aromatic nitrogens is 3. The lowest BCUT2D eigenvalue weighted by atomic mass is 10.0. The summed E-state index contributed by atoms with van der Waals surface area (Å²) in [6, 6.07) is 11.4. The number of carbonyl (C=O) groups excluding carboxylic acids is 2. The van der Waals surface area contributed by atoms with Crippen LogP contribution in [-0.2, 0) is 11.3 Å². The fourth-order valence-electron chi connectivity index (χ4n) is 5.01. The number of urea groups is 1. The van der Waals surface area contributed by atoms with Gasteiger partial charge < -0.3 is 25.0 Å². The summed E-state index contributed by atoms with van der Waals surface area (Å²) in [5.74, 6) is 0.999. The molecule has 1 aliphatic heterocycles. The van der Waals surface area contributed by atoms with Crippen LogP contribution in [0, 0.1) is 0 Å². The molecule has 244 valence electrons. The summed E-state index contributed by atoms with van der Waals surface area (Å²) in [7, 11) is 6.78. The molecular formula is C33H34Cl2N8O4. The van der Waals surface area contributed by atoms with Gasteiger partial charge in [-0.25, -0.2) is 9.78 Å². The fourth-order valence-corrected chi connectivity index (χ4v) is 5.72. The first kappa shape index (κ1) is 33.5. The van der Waals surface area contributed by atoms with Gasteiger partial charge >= 0.3 is 6.03 Å². The van der Waals surface area contributed by atoms with Crippen molar-refractivity contribution in [1.29, 1.82) is 0 Å². The topological polar surface area (TPSA) is 125 Å². The smallest absolute Gasteiger partial charge is 0.331 e. The predicted octanol–water partition coefficient (Wildman–Crippen LogP) is 6.70. The number of ether oxygens (including phenoxy) is 2. The number of amides is 3. The highest BCUT2D eigenvalue weighted by Gasteiger charge is 2.39. The number of hydrogen-bond donors (Lipinski definition) is 2. The number of anilines is 5. The number of benzene rings is 2. The van der Waals surface area contributed by atoms with Crippen LogP contribution in [0.25, 0.3) is 0 Å². The predicted molar refractivity (Wildman–Crippen MR) is 184 cm³/mol. The molecule has 1 unspecified atom stereocenters. The molecule has 0 aliphatic carbocycles. The number of rotatable bonds is 11. The average Bonchev–Trinajstić information content (AvgIpc) is 3.05. The minimum atomic E-state index is -0.570. The van der Waals surface area contributed by atoms with Gasteiger partial charge in [-0.2, -0.15) is 4.98 Å². The molecular weight excluding hydrogens is 643 g/mol. The molecule has 47 heavy (non-hydrogen) atoms. The van der Waals surface area contributed by atoms with Gasteiger partial charge in [-0.15, -0.1) is 0 Å². The zero-order valence-electron chi connectivity index (χ0n) is 26.5. The Labute approximate surface area is 282 Å². The van der Waals surface area contributed by atoms with Crippen molar-refractivity contribution >= 4 is 64.0 Å². The first-order valence-electron chi connectivity index (χ1n) is 14.6. The molecule has 12 nitrogen and oxygen atoms in total. The minimum Gasteiger partial charge on any atom is -0.495 e. The van der Waals surface area contributed by atoms with Crippen LogP contribution in [0.2, 0.25) is 10.0 Å². The summed E-state index contributed by atoms with van der Waals surface area (Å²) in [5, 5.41) is 6.35. The van der Waals surface area contributed by atoms with Crippen molar-refractivity contribution in [3.8, 4) is 11.5 Å². The van der Waals surface area contributed by atoms with Crippen LogP contribution in [0.3, 0.4) is 0 Å². The second-order valence-electron chi connectivity index (χ2n) is 10.9. The van der Waals surface area contributed by atoms with Gasteiger partial charge in [0.15, 0.2) is 0 Å².